The van der Waals surface area contributed by atoms with Gasteiger partial charge in [0.05, 0.1) is 19.1 Å². The predicted molar refractivity (Wildman–Crippen MR) is 184 cm³/mol. The summed E-state index contributed by atoms with van der Waals surface area (Å²) in [6.45, 7) is 9.78. The minimum absolute atomic E-state index is 0.144. The van der Waals surface area contributed by atoms with Gasteiger partial charge >= 0.3 is 7.82 Å². The van der Waals surface area contributed by atoms with E-state index in [2.05, 4.69) is 24.9 Å². The molecule has 0 radical (unpaired) electrons. The van der Waals surface area contributed by atoms with Gasteiger partial charge in [0.15, 0.2) is 0 Å². The average Bonchev–Trinajstić information content (AvgIpc) is 3.43. The maximum absolute atomic E-state index is 12.9. The first-order chi connectivity index (χ1) is 21.8. The Morgan fingerprint density at radius 3 is 2.16 bits per heavy atom. The molecule has 0 saturated heterocycles. The van der Waals surface area contributed by atoms with Crippen molar-refractivity contribution < 1.29 is 32.7 Å². The Hall–Kier alpha value is -2.16. The third kappa shape index (κ3) is 14.4. The highest BCUT2D eigenvalue weighted by atomic mass is 32.2. The van der Waals surface area contributed by atoms with Crippen molar-refractivity contribution in [3.05, 3.63) is 64.7 Å². The standard InChI is InChI=1S/C35H54NO7PS/c1-5-7-8-9-10-11-12-13-14-17-23-40-33-21-18-22-34(30(33)4)41-26-32(39-6-2)27-42-44(37,38)43-35-20-16-15-19-31(35)25-36-24-29(3)45-28-36/h15-16,18-22,24,32H,5-14,17,23,25-28H2,1-4H3,(H,37,38). The molecule has 45 heavy (non-hydrogen) atoms. The zero-order valence-electron chi connectivity index (χ0n) is 27.7. The molecule has 1 aliphatic heterocycles. The van der Waals surface area contributed by atoms with Crippen molar-refractivity contribution in [1.82, 2.24) is 4.90 Å². The lowest BCUT2D eigenvalue weighted by Gasteiger charge is -2.22. The number of phosphoric ester groups is 1. The second kappa shape index (κ2) is 20.9. The Morgan fingerprint density at radius 1 is 0.844 bits per heavy atom. The van der Waals surface area contributed by atoms with Gasteiger partial charge in [-0.1, -0.05) is 89.0 Å². The first-order valence-corrected chi connectivity index (χ1v) is 19.1. The summed E-state index contributed by atoms with van der Waals surface area (Å²) in [6, 6.07) is 13.0. The van der Waals surface area contributed by atoms with Gasteiger partial charge in [-0.05, 0) is 50.3 Å². The van der Waals surface area contributed by atoms with Crippen molar-refractivity contribution in [3.8, 4) is 17.2 Å². The number of rotatable bonds is 24. The van der Waals surface area contributed by atoms with Gasteiger partial charge in [-0.25, -0.2) is 4.57 Å². The number of thioether (sulfide) groups is 1. The summed E-state index contributed by atoms with van der Waals surface area (Å²) >= 11 is 1.76. The lowest BCUT2D eigenvalue weighted by atomic mass is 10.1. The normalized spacial score (nSPS) is 15.0. The summed E-state index contributed by atoms with van der Waals surface area (Å²) in [5, 5.41) is 0. The number of allylic oxidation sites excluding steroid dienone is 1. The van der Waals surface area contributed by atoms with Gasteiger partial charge in [0.1, 0.15) is 30.0 Å². The zero-order valence-corrected chi connectivity index (χ0v) is 29.4. The highest BCUT2D eigenvalue weighted by molar-refractivity contribution is 8.03. The molecule has 10 heteroatoms. The van der Waals surface area contributed by atoms with Crippen LogP contribution < -0.4 is 14.0 Å². The number of phosphoric acid groups is 1. The smallest absolute Gasteiger partial charge is 0.493 e. The van der Waals surface area contributed by atoms with Gasteiger partial charge in [0.2, 0.25) is 0 Å². The Bertz CT molecular complexity index is 1210. The van der Waals surface area contributed by atoms with E-state index in [1.807, 2.05) is 44.2 Å². The first kappa shape index (κ1) is 37.3. The van der Waals surface area contributed by atoms with E-state index in [4.69, 9.17) is 23.3 Å². The van der Waals surface area contributed by atoms with Gasteiger partial charge in [-0.3, -0.25) is 9.42 Å². The molecule has 3 rings (SSSR count). The number of para-hydroxylation sites is 1. The molecule has 0 bridgehead atoms. The first-order valence-electron chi connectivity index (χ1n) is 16.6. The van der Waals surface area contributed by atoms with E-state index in [1.54, 1.807) is 23.9 Å². The van der Waals surface area contributed by atoms with E-state index in [1.165, 1.54) is 62.7 Å². The van der Waals surface area contributed by atoms with Crippen molar-refractivity contribution in [3.63, 3.8) is 0 Å². The summed E-state index contributed by atoms with van der Waals surface area (Å²) in [5.41, 5.74) is 1.72. The Morgan fingerprint density at radius 2 is 1.49 bits per heavy atom. The topological polar surface area (TPSA) is 86.7 Å². The lowest BCUT2D eigenvalue weighted by molar-refractivity contribution is -0.00730. The minimum Gasteiger partial charge on any atom is -0.493 e. The number of nitrogens with zero attached hydrogens (tertiary/aromatic N) is 1. The number of unbranched alkanes of at least 4 members (excludes halogenated alkanes) is 9. The second-order valence-electron chi connectivity index (χ2n) is 11.5. The number of hydrogen-bond acceptors (Lipinski definition) is 8. The van der Waals surface area contributed by atoms with Crippen molar-refractivity contribution in [2.24, 2.45) is 0 Å². The summed E-state index contributed by atoms with van der Waals surface area (Å²) in [7, 11) is -4.41. The summed E-state index contributed by atoms with van der Waals surface area (Å²) in [5.74, 6) is 2.64. The summed E-state index contributed by atoms with van der Waals surface area (Å²) < 4.78 is 41.7. The lowest BCUT2D eigenvalue weighted by Crippen LogP contribution is -2.27. The van der Waals surface area contributed by atoms with Crippen LogP contribution in [0.3, 0.4) is 0 Å². The van der Waals surface area contributed by atoms with Crippen LogP contribution in [0.5, 0.6) is 17.2 Å². The fraction of sp³-hybridized carbons (Fsp3) is 0.600. The highest BCUT2D eigenvalue weighted by Crippen LogP contribution is 2.45. The van der Waals surface area contributed by atoms with Gasteiger partial charge < -0.3 is 23.6 Å². The Kier molecular flexibility index (Phi) is 17.3. The third-order valence-corrected chi connectivity index (χ3v) is 9.55. The maximum atomic E-state index is 12.9. The van der Waals surface area contributed by atoms with Crippen LogP contribution in [0.1, 0.15) is 96.1 Å². The molecule has 2 atom stereocenters. The monoisotopic (exact) mass is 663 g/mol. The van der Waals surface area contributed by atoms with Crippen LogP contribution in [0.2, 0.25) is 0 Å². The van der Waals surface area contributed by atoms with Crippen LogP contribution in [-0.4, -0.2) is 48.2 Å². The second-order valence-corrected chi connectivity index (χ2v) is 14.1. The molecule has 2 aromatic rings. The molecule has 2 aromatic carbocycles. The largest absolute Gasteiger partial charge is 0.527 e. The van der Waals surface area contributed by atoms with E-state index in [0.29, 0.717) is 31.3 Å². The van der Waals surface area contributed by atoms with Crippen LogP contribution in [0.4, 0.5) is 0 Å². The SMILES string of the molecule is CCCCCCCCCCCCOc1cccc(OCC(COP(=O)(O)Oc2ccccc2CN2C=C(C)SC2)OCC)c1C. The van der Waals surface area contributed by atoms with Gasteiger partial charge in [-0.2, -0.15) is 0 Å². The number of benzene rings is 2. The summed E-state index contributed by atoms with van der Waals surface area (Å²) in [4.78, 5) is 13.9. The molecule has 2 unspecified atom stereocenters. The Balaban J connectivity index is 1.42. The molecule has 0 fully saturated rings. The van der Waals surface area contributed by atoms with Crippen molar-refractivity contribution in [2.45, 2.75) is 105 Å². The quantitative estimate of drug-likeness (QED) is 0.0871. The van der Waals surface area contributed by atoms with Crippen LogP contribution in [0.15, 0.2) is 53.6 Å². The van der Waals surface area contributed by atoms with Gasteiger partial charge in [0.25, 0.3) is 0 Å². The van der Waals surface area contributed by atoms with Crippen molar-refractivity contribution in [2.75, 3.05) is 32.3 Å². The van der Waals surface area contributed by atoms with Crippen LogP contribution in [-0.2, 0) is 20.4 Å². The van der Waals surface area contributed by atoms with Crippen LogP contribution >= 0.6 is 19.6 Å². The van der Waals surface area contributed by atoms with E-state index >= 15 is 0 Å². The average molecular weight is 664 g/mol. The molecule has 0 amide bonds. The molecule has 1 N–H and O–H groups in total. The Labute approximate surface area is 275 Å². The van der Waals surface area contributed by atoms with E-state index in [0.717, 1.165) is 29.2 Å². The van der Waals surface area contributed by atoms with E-state index < -0.39 is 13.9 Å². The highest BCUT2D eigenvalue weighted by Gasteiger charge is 2.27. The number of ether oxygens (including phenoxy) is 3. The molecular weight excluding hydrogens is 609 g/mol. The minimum atomic E-state index is -4.41. The number of hydrogen-bond donors (Lipinski definition) is 1. The fourth-order valence-electron chi connectivity index (χ4n) is 5.12. The zero-order chi connectivity index (χ0) is 32.3. The van der Waals surface area contributed by atoms with Crippen molar-refractivity contribution in [1.29, 1.82) is 0 Å². The molecule has 252 valence electrons. The summed E-state index contributed by atoms with van der Waals surface area (Å²) in [6.07, 6.45) is 14.4. The molecule has 0 aromatic heterocycles. The van der Waals surface area contributed by atoms with Gasteiger partial charge in [0, 0.05) is 30.5 Å². The van der Waals surface area contributed by atoms with Crippen molar-refractivity contribution >= 4 is 19.6 Å². The van der Waals surface area contributed by atoms with Crippen LogP contribution in [0.25, 0.3) is 0 Å². The molecule has 8 nitrogen and oxygen atoms in total. The molecular formula is C35H54NO7PS. The maximum Gasteiger partial charge on any atom is 0.527 e. The predicted octanol–water partition coefficient (Wildman–Crippen LogP) is 9.64. The van der Waals surface area contributed by atoms with E-state index in [-0.39, 0.29) is 13.2 Å². The molecule has 1 heterocycles. The molecule has 0 saturated carbocycles. The van der Waals surface area contributed by atoms with Gasteiger partial charge in [-0.15, -0.1) is 11.8 Å². The third-order valence-electron chi connectivity index (χ3n) is 7.62. The fourth-order valence-corrected chi connectivity index (χ4v) is 6.71. The molecule has 0 aliphatic carbocycles. The molecule has 0 spiro atoms. The van der Waals surface area contributed by atoms with E-state index in [9.17, 15) is 9.46 Å². The van der Waals surface area contributed by atoms with Crippen LogP contribution in [0, 0.1) is 6.92 Å². The molecule has 1 aliphatic rings.